The van der Waals surface area contributed by atoms with Crippen molar-refractivity contribution in [3.8, 4) is 17.0 Å². The molecule has 1 aromatic heterocycles. The number of pyridine rings is 1. The molecular formula is C31H35ClF3N5O3. The molecule has 4 aliphatic heterocycles. The summed E-state index contributed by atoms with van der Waals surface area (Å²) in [4.78, 5) is 39.0. The van der Waals surface area contributed by atoms with E-state index in [-0.39, 0.29) is 91.1 Å². The molecule has 1 unspecified atom stereocenters. The maximum Gasteiger partial charge on any atom is 0.261 e. The van der Waals surface area contributed by atoms with E-state index >= 15 is 4.39 Å². The Morgan fingerprint density at radius 2 is 1.84 bits per heavy atom. The van der Waals surface area contributed by atoms with E-state index in [0.29, 0.717) is 25.3 Å². The predicted molar refractivity (Wildman–Crippen MR) is 157 cm³/mol. The second-order valence-corrected chi connectivity index (χ2v) is 12.8. The first kappa shape index (κ1) is 29.7. The zero-order chi connectivity index (χ0) is 30.7. The Kier molecular flexibility index (Phi) is 7.61. The number of aromatic nitrogens is 1. The Balaban J connectivity index is 1.44. The first-order chi connectivity index (χ1) is 20.4. The number of halogens is 4. The van der Waals surface area contributed by atoms with Gasteiger partial charge in [0.2, 0.25) is 5.91 Å². The number of rotatable bonds is 4. The molecule has 12 heteroatoms. The quantitative estimate of drug-likeness (QED) is 0.457. The average Bonchev–Trinajstić information content (AvgIpc) is 3.21. The maximum atomic E-state index is 15.1. The minimum atomic E-state index is -2.66. The van der Waals surface area contributed by atoms with Gasteiger partial charge in [0, 0.05) is 69.3 Å². The van der Waals surface area contributed by atoms with Crippen molar-refractivity contribution in [3.63, 3.8) is 0 Å². The summed E-state index contributed by atoms with van der Waals surface area (Å²) in [6.07, 6.45) is 1.53. The van der Waals surface area contributed by atoms with Crippen molar-refractivity contribution in [2.75, 3.05) is 50.8 Å². The molecule has 8 nitrogen and oxygen atoms in total. The highest BCUT2D eigenvalue weighted by atomic mass is 35.5. The summed E-state index contributed by atoms with van der Waals surface area (Å²) in [5.74, 6) is -3.28. The number of piperazine rings is 1. The van der Waals surface area contributed by atoms with Crippen LogP contribution in [0.15, 0.2) is 36.9 Å². The van der Waals surface area contributed by atoms with Crippen LogP contribution in [0, 0.1) is 5.82 Å². The number of nitrogens with zero attached hydrogens (tertiary/aromatic N) is 5. The molecule has 3 saturated heterocycles. The van der Waals surface area contributed by atoms with Crippen molar-refractivity contribution < 1.29 is 27.5 Å². The fourth-order valence-electron chi connectivity index (χ4n) is 6.85. The summed E-state index contributed by atoms with van der Waals surface area (Å²) >= 11 is 6.90. The van der Waals surface area contributed by atoms with Gasteiger partial charge in [0.05, 0.1) is 11.7 Å². The van der Waals surface area contributed by atoms with Crippen LogP contribution < -0.4 is 9.64 Å². The fraction of sp³-hybridized carbons (Fsp3) is 0.516. The molecule has 0 spiro atoms. The van der Waals surface area contributed by atoms with Gasteiger partial charge >= 0.3 is 0 Å². The molecule has 2 aromatic rings. The summed E-state index contributed by atoms with van der Waals surface area (Å²) in [5, 5.41) is 0.0304. The molecule has 1 aromatic carbocycles. The van der Waals surface area contributed by atoms with Crippen molar-refractivity contribution in [1.82, 2.24) is 19.7 Å². The number of fused-ring (bicyclic) bond motifs is 2. The number of carbonyl (C=O) groups is 2. The highest BCUT2D eigenvalue weighted by Gasteiger charge is 2.48. The van der Waals surface area contributed by atoms with Gasteiger partial charge in [0.25, 0.3) is 11.8 Å². The smallest absolute Gasteiger partial charge is 0.261 e. The molecule has 0 N–H and O–H groups in total. The summed E-state index contributed by atoms with van der Waals surface area (Å²) in [5.41, 5.74) is -0.00655. The normalized spacial score (nSPS) is 25.1. The van der Waals surface area contributed by atoms with Crippen LogP contribution in [0.25, 0.3) is 11.3 Å². The number of ether oxygens (including phenoxy) is 1. The number of alkyl halides is 2. The van der Waals surface area contributed by atoms with E-state index in [1.54, 1.807) is 28.0 Å². The number of amides is 2. The molecule has 0 bridgehead atoms. The van der Waals surface area contributed by atoms with E-state index in [0.717, 1.165) is 0 Å². The Morgan fingerprint density at radius 1 is 1.12 bits per heavy atom. The van der Waals surface area contributed by atoms with Gasteiger partial charge in [0.15, 0.2) is 5.75 Å². The lowest BCUT2D eigenvalue weighted by Crippen LogP contribution is -2.57. The second-order valence-electron chi connectivity index (χ2n) is 12.4. The molecule has 0 aliphatic carbocycles. The standard InChI is InChI=1S/C31H35ClF3N5O3/c1-4-23(41)38-13-14-39-20(16-38)18-43-27-24(29(39)42)28(36-26(25(27)32)21-7-5-6-8-22(21)33)40-17-19(15-30(40,2)3)37-11-9-31(34,35)10-12-37/h4-8,19-20H,1,9-18H2,2-3H3/t19?,20-/m1/s1. The van der Waals surface area contributed by atoms with Crippen LogP contribution in [0.1, 0.15) is 43.5 Å². The van der Waals surface area contributed by atoms with Gasteiger partial charge in [-0.1, -0.05) is 30.3 Å². The van der Waals surface area contributed by atoms with Gasteiger partial charge < -0.3 is 19.4 Å². The number of hydrogen-bond acceptors (Lipinski definition) is 6. The molecule has 0 saturated carbocycles. The SMILES string of the molecule is C=CC(=O)N1CCN2C(=O)c3c(N4CC(N5CCC(F)(F)CC5)CC4(C)C)nc(-c4ccccc4F)c(Cl)c3OC[C@H]2C1. The first-order valence-corrected chi connectivity index (χ1v) is 15.0. The predicted octanol–water partition coefficient (Wildman–Crippen LogP) is 4.86. The molecule has 4 aliphatic rings. The molecule has 6 rings (SSSR count). The van der Waals surface area contributed by atoms with Crippen LogP contribution in [0.4, 0.5) is 19.0 Å². The minimum absolute atomic E-state index is 0.0304. The van der Waals surface area contributed by atoms with Crippen molar-refractivity contribution >= 4 is 29.2 Å². The molecule has 2 amide bonds. The van der Waals surface area contributed by atoms with Crippen molar-refractivity contribution in [3.05, 3.63) is 53.3 Å². The van der Waals surface area contributed by atoms with E-state index < -0.39 is 23.3 Å². The topological polar surface area (TPSA) is 69.2 Å². The van der Waals surface area contributed by atoms with E-state index in [1.165, 1.54) is 12.1 Å². The lowest BCUT2D eigenvalue weighted by Gasteiger charge is -2.40. The van der Waals surface area contributed by atoms with Crippen molar-refractivity contribution in [2.45, 2.75) is 56.7 Å². The zero-order valence-electron chi connectivity index (χ0n) is 24.3. The largest absolute Gasteiger partial charge is 0.489 e. The van der Waals surface area contributed by atoms with Crippen LogP contribution in [-0.2, 0) is 4.79 Å². The molecule has 3 fully saturated rings. The van der Waals surface area contributed by atoms with Gasteiger partial charge in [-0.3, -0.25) is 14.5 Å². The highest BCUT2D eigenvalue weighted by Crippen LogP contribution is 2.47. The van der Waals surface area contributed by atoms with E-state index in [2.05, 4.69) is 11.5 Å². The Hall–Kier alpha value is -3.31. The lowest BCUT2D eigenvalue weighted by atomic mass is 9.97. The van der Waals surface area contributed by atoms with Crippen LogP contribution >= 0.6 is 11.6 Å². The summed E-state index contributed by atoms with van der Waals surface area (Å²) in [6.45, 7) is 9.60. The Labute approximate surface area is 254 Å². The Morgan fingerprint density at radius 3 is 2.53 bits per heavy atom. The average molecular weight is 618 g/mol. The van der Waals surface area contributed by atoms with Gasteiger partial charge in [-0.25, -0.2) is 18.2 Å². The monoisotopic (exact) mass is 617 g/mol. The minimum Gasteiger partial charge on any atom is -0.489 e. The third-order valence-electron chi connectivity index (χ3n) is 9.23. The van der Waals surface area contributed by atoms with Crippen LogP contribution in [0.2, 0.25) is 5.02 Å². The number of hydrogen-bond donors (Lipinski definition) is 0. The summed E-state index contributed by atoms with van der Waals surface area (Å²) < 4.78 is 49.3. The number of benzene rings is 1. The van der Waals surface area contributed by atoms with Crippen molar-refractivity contribution in [2.24, 2.45) is 0 Å². The maximum absolute atomic E-state index is 15.1. The highest BCUT2D eigenvalue weighted by molar-refractivity contribution is 6.35. The van der Waals surface area contributed by atoms with Gasteiger partial charge in [0.1, 0.15) is 28.8 Å². The molecule has 43 heavy (non-hydrogen) atoms. The Bertz CT molecular complexity index is 1460. The summed E-state index contributed by atoms with van der Waals surface area (Å²) in [6, 6.07) is 5.67. The van der Waals surface area contributed by atoms with E-state index in [9.17, 15) is 18.4 Å². The third kappa shape index (κ3) is 5.35. The van der Waals surface area contributed by atoms with E-state index in [1.807, 2.05) is 18.7 Å². The van der Waals surface area contributed by atoms with E-state index in [4.69, 9.17) is 21.3 Å². The van der Waals surface area contributed by atoms with Crippen molar-refractivity contribution in [1.29, 1.82) is 0 Å². The van der Waals surface area contributed by atoms with Gasteiger partial charge in [-0.2, -0.15) is 0 Å². The number of likely N-dealkylation sites (tertiary alicyclic amines) is 1. The lowest BCUT2D eigenvalue weighted by molar-refractivity contribution is -0.128. The molecule has 0 radical (unpaired) electrons. The molecule has 5 heterocycles. The van der Waals surface area contributed by atoms with Crippen LogP contribution in [0.3, 0.4) is 0 Å². The van der Waals surface area contributed by atoms with Crippen LogP contribution in [0.5, 0.6) is 5.75 Å². The second kappa shape index (κ2) is 11.0. The number of piperidine rings is 1. The van der Waals surface area contributed by atoms with Gasteiger partial charge in [-0.15, -0.1) is 0 Å². The molecular weight excluding hydrogens is 583 g/mol. The third-order valence-corrected chi connectivity index (χ3v) is 9.58. The number of anilines is 1. The zero-order valence-corrected chi connectivity index (χ0v) is 25.0. The number of carbonyl (C=O) groups excluding carboxylic acids is 2. The van der Waals surface area contributed by atoms with Gasteiger partial charge in [-0.05, 0) is 38.5 Å². The first-order valence-electron chi connectivity index (χ1n) is 14.6. The molecule has 230 valence electrons. The summed E-state index contributed by atoms with van der Waals surface area (Å²) in [7, 11) is 0. The fourth-order valence-corrected chi connectivity index (χ4v) is 7.14. The van der Waals surface area contributed by atoms with Crippen LogP contribution in [-0.4, -0.2) is 101 Å². The molecule has 2 atom stereocenters.